The number of ether oxygens (including phenoxy) is 1. The fourth-order valence-corrected chi connectivity index (χ4v) is 5.30. The molecule has 1 unspecified atom stereocenters. The average Bonchev–Trinajstić information content (AvgIpc) is 3.24. The largest absolute Gasteiger partial charge is 0.494 e. The number of aryl methyl sites for hydroxylation is 1. The van der Waals surface area contributed by atoms with Gasteiger partial charge < -0.3 is 20.3 Å². The molecular weight excluding hydrogens is 362 g/mol. The molecule has 1 atom stereocenters. The van der Waals surface area contributed by atoms with E-state index in [1.165, 1.54) is 62.9 Å². The number of primary amides is 1. The van der Waals surface area contributed by atoms with Crippen molar-refractivity contribution in [2.75, 3.05) is 45.9 Å². The zero-order valence-electron chi connectivity index (χ0n) is 17.8. The van der Waals surface area contributed by atoms with Crippen molar-refractivity contribution >= 4 is 5.91 Å². The highest BCUT2D eigenvalue weighted by Crippen LogP contribution is 2.30. The molecule has 0 aromatic heterocycles. The summed E-state index contributed by atoms with van der Waals surface area (Å²) in [5, 5.41) is 0. The number of nitrogens with two attached hydrogens (primary N) is 1. The topological polar surface area (TPSA) is 58.8 Å². The van der Waals surface area contributed by atoms with Gasteiger partial charge in [0.1, 0.15) is 5.75 Å². The summed E-state index contributed by atoms with van der Waals surface area (Å²) < 4.78 is 6.05. The molecule has 29 heavy (non-hydrogen) atoms. The molecule has 5 heteroatoms. The van der Waals surface area contributed by atoms with Crippen molar-refractivity contribution in [1.29, 1.82) is 0 Å². The van der Waals surface area contributed by atoms with Gasteiger partial charge in [-0.1, -0.05) is 6.07 Å². The lowest BCUT2D eigenvalue weighted by molar-refractivity contribution is -0.123. The number of rotatable bonds is 8. The minimum absolute atomic E-state index is 0.0768. The van der Waals surface area contributed by atoms with E-state index >= 15 is 0 Å². The lowest BCUT2D eigenvalue weighted by Crippen LogP contribution is -2.39. The molecular formula is C24H37N3O2. The Bertz CT molecular complexity index is 679. The summed E-state index contributed by atoms with van der Waals surface area (Å²) in [6.45, 7) is 7.64. The fraction of sp³-hybridized carbons (Fsp3) is 0.708. The summed E-state index contributed by atoms with van der Waals surface area (Å²) in [6, 6.07) is 6.74. The van der Waals surface area contributed by atoms with Crippen molar-refractivity contribution < 1.29 is 9.53 Å². The predicted octanol–water partition coefficient (Wildman–Crippen LogP) is 2.85. The predicted molar refractivity (Wildman–Crippen MR) is 116 cm³/mol. The number of carbonyl (C=O) groups is 1. The molecule has 2 N–H and O–H groups in total. The van der Waals surface area contributed by atoms with Gasteiger partial charge in [0.05, 0.1) is 6.61 Å². The number of amides is 1. The van der Waals surface area contributed by atoms with Crippen LogP contribution < -0.4 is 10.5 Å². The van der Waals surface area contributed by atoms with Crippen LogP contribution in [0.3, 0.4) is 0 Å². The van der Waals surface area contributed by atoms with Crippen LogP contribution in [0.1, 0.15) is 49.7 Å². The lowest BCUT2D eigenvalue weighted by atomic mass is 9.83. The van der Waals surface area contributed by atoms with E-state index in [9.17, 15) is 4.79 Å². The number of benzene rings is 1. The van der Waals surface area contributed by atoms with E-state index in [-0.39, 0.29) is 11.8 Å². The van der Waals surface area contributed by atoms with Gasteiger partial charge in [-0.05, 0) is 107 Å². The Morgan fingerprint density at radius 2 is 1.83 bits per heavy atom. The van der Waals surface area contributed by atoms with E-state index in [1.54, 1.807) is 0 Å². The van der Waals surface area contributed by atoms with Gasteiger partial charge in [-0.15, -0.1) is 0 Å². The van der Waals surface area contributed by atoms with Crippen LogP contribution in [0.4, 0.5) is 0 Å². The lowest BCUT2D eigenvalue weighted by Gasteiger charge is -2.30. The molecule has 2 heterocycles. The van der Waals surface area contributed by atoms with Crippen LogP contribution in [-0.4, -0.2) is 61.6 Å². The molecule has 1 amide bonds. The molecule has 4 rings (SSSR count). The Hall–Kier alpha value is -1.59. The number of carbonyl (C=O) groups excluding carboxylic acids is 1. The maximum absolute atomic E-state index is 11.3. The van der Waals surface area contributed by atoms with Gasteiger partial charge in [-0.3, -0.25) is 4.79 Å². The summed E-state index contributed by atoms with van der Waals surface area (Å²) in [5.41, 5.74) is 8.44. The molecule has 2 aliphatic heterocycles. The maximum atomic E-state index is 11.3. The Kier molecular flexibility index (Phi) is 7.09. The number of hydrogen-bond donors (Lipinski definition) is 1. The molecule has 0 spiro atoms. The number of hydrogen-bond acceptors (Lipinski definition) is 4. The molecule has 0 saturated carbocycles. The molecule has 1 aliphatic carbocycles. The number of fused-ring (bicyclic) bond motifs is 1. The highest BCUT2D eigenvalue weighted by atomic mass is 16.5. The summed E-state index contributed by atoms with van der Waals surface area (Å²) in [5.74, 6) is 1.79. The van der Waals surface area contributed by atoms with Crippen molar-refractivity contribution in [3.63, 3.8) is 0 Å². The first-order valence-electron chi connectivity index (χ1n) is 11.7. The molecule has 160 valence electrons. The van der Waals surface area contributed by atoms with Crippen LogP contribution in [0.25, 0.3) is 0 Å². The molecule has 0 bridgehead atoms. The number of likely N-dealkylation sites (tertiary alicyclic amines) is 2. The molecule has 1 aromatic carbocycles. The molecule has 3 aliphatic rings. The Morgan fingerprint density at radius 1 is 1.03 bits per heavy atom. The minimum atomic E-state index is -0.136. The third kappa shape index (κ3) is 5.73. The first-order chi connectivity index (χ1) is 14.2. The summed E-state index contributed by atoms with van der Waals surface area (Å²) in [6.07, 6.45) is 9.34. The van der Waals surface area contributed by atoms with E-state index in [4.69, 9.17) is 10.5 Å². The Balaban J connectivity index is 1.17. The second-order valence-corrected chi connectivity index (χ2v) is 9.27. The third-order valence-corrected chi connectivity index (χ3v) is 7.10. The molecule has 1 aromatic rings. The van der Waals surface area contributed by atoms with Crippen molar-refractivity contribution in [3.8, 4) is 5.75 Å². The highest BCUT2D eigenvalue weighted by Gasteiger charge is 2.24. The van der Waals surface area contributed by atoms with E-state index in [0.29, 0.717) is 0 Å². The smallest absolute Gasteiger partial charge is 0.220 e. The van der Waals surface area contributed by atoms with Gasteiger partial charge in [-0.25, -0.2) is 0 Å². The van der Waals surface area contributed by atoms with Gasteiger partial charge >= 0.3 is 0 Å². The number of nitrogens with zero attached hydrogens (tertiary/aromatic N) is 2. The minimum Gasteiger partial charge on any atom is -0.494 e. The first-order valence-corrected chi connectivity index (χ1v) is 11.7. The van der Waals surface area contributed by atoms with Gasteiger partial charge in [0, 0.05) is 19.0 Å². The van der Waals surface area contributed by atoms with Crippen molar-refractivity contribution in [2.45, 2.75) is 51.4 Å². The highest BCUT2D eigenvalue weighted by molar-refractivity contribution is 5.76. The zero-order chi connectivity index (χ0) is 20.1. The summed E-state index contributed by atoms with van der Waals surface area (Å²) >= 11 is 0. The second-order valence-electron chi connectivity index (χ2n) is 9.27. The fourth-order valence-electron chi connectivity index (χ4n) is 5.30. The number of piperidine rings is 1. The third-order valence-electron chi connectivity index (χ3n) is 7.10. The van der Waals surface area contributed by atoms with E-state index < -0.39 is 0 Å². The van der Waals surface area contributed by atoms with Gasteiger partial charge in [-0.2, -0.15) is 0 Å². The maximum Gasteiger partial charge on any atom is 0.220 e. The van der Waals surface area contributed by atoms with Crippen LogP contribution in [0.15, 0.2) is 18.2 Å². The van der Waals surface area contributed by atoms with Crippen LogP contribution in [0, 0.1) is 11.8 Å². The van der Waals surface area contributed by atoms with Gasteiger partial charge in [0.15, 0.2) is 0 Å². The summed E-state index contributed by atoms with van der Waals surface area (Å²) in [7, 11) is 0. The average molecular weight is 400 g/mol. The van der Waals surface area contributed by atoms with Gasteiger partial charge in [0.25, 0.3) is 0 Å². The Morgan fingerprint density at radius 3 is 2.59 bits per heavy atom. The van der Waals surface area contributed by atoms with E-state index in [1.807, 2.05) is 0 Å². The molecule has 2 saturated heterocycles. The van der Waals surface area contributed by atoms with Crippen LogP contribution >= 0.6 is 0 Å². The van der Waals surface area contributed by atoms with E-state index in [2.05, 4.69) is 28.0 Å². The quantitative estimate of drug-likeness (QED) is 0.683. The van der Waals surface area contributed by atoms with Crippen LogP contribution in [0.5, 0.6) is 5.75 Å². The standard InChI is InChI=1S/C24H37N3O2/c25-24(28)20-8-13-26(14-9-20)12-3-15-29-23-7-6-21-16-19(4-5-22(21)17-23)18-27-10-1-2-11-27/h6-7,17,19-20H,1-5,8-16,18H2,(H2,25,28). The van der Waals surface area contributed by atoms with Crippen molar-refractivity contribution in [2.24, 2.45) is 17.6 Å². The normalized spacial score (nSPS) is 23.8. The second kappa shape index (κ2) is 9.94. The monoisotopic (exact) mass is 399 g/mol. The molecule has 0 radical (unpaired) electrons. The Labute approximate surface area is 175 Å². The molecule has 2 fully saturated rings. The van der Waals surface area contributed by atoms with Gasteiger partial charge in [0.2, 0.25) is 5.91 Å². The SMILES string of the molecule is NC(=O)C1CCN(CCCOc2ccc3c(c2)CCC(CN2CCCC2)C3)CC1. The van der Waals surface area contributed by atoms with E-state index in [0.717, 1.165) is 57.2 Å². The summed E-state index contributed by atoms with van der Waals surface area (Å²) in [4.78, 5) is 16.3. The van der Waals surface area contributed by atoms with Crippen LogP contribution in [0.2, 0.25) is 0 Å². The van der Waals surface area contributed by atoms with Crippen LogP contribution in [-0.2, 0) is 17.6 Å². The first kappa shape index (κ1) is 20.7. The van der Waals surface area contributed by atoms with Crippen molar-refractivity contribution in [3.05, 3.63) is 29.3 Å². The zero-order valence-corrected chi connectivity index (χ0v) is 17.8. The van der Waals surface area contributed by atoms with Crippen molar-refractivity contribution in [1.82, 2.24) is 9.80 Å². The molecule has 5 nitrogen and oxygen atoms in total.